The predicted molar refractivity (Wildman–Crippen MR) is 76.8 cm³/mol. The first kappa shape index (κ1) is 14.3. The van der Waals surface area contributed by atoms with Gasteiger partial charge in [0.2, 0.25) is 0 Å². The Hall–Kier alpha value is -0.0800. The van der Waals surface area contributed by atoms with Gasteiger partial charge in [0.1, 0.15) is 0 Å². The zero-order valence-corrected chi connectivity index (χ0v) is 12.2. The van der Waals surface area contributed by atoms with E-state index < -0.39 is 0 Å². The Bertz CT molecular complexity index is 237. The van der Waals surface area contributed by atoms with E-state index in [1.807, 2.05) is 0 Å². The van der Waals surface area contributed by atoms with Crippen LogP contribution in [0.2, 0.25) is 0 Å². The zero-order chi connectivity index (χ0) is 12.8. The summed E-state index contributed by atoms with van der Waals surface area (Å²) >= 11 is 0. The molecule has 0 aromatic rings. The summed E-state index contributed by atoms with van der Waals surface area (Å²) in [6.45, 7) is 4.78. The van der Waals surface area contributed by atoms with Crippen molar-refractivity contribution in [3.05, 3.63) is 0 Å². The molecule has 0 radical (unpaired) electrons. The summed E-state index contributed by atoms with van der Waals surface area (Å²) in [6, 6.07) is 0.672. The molecule has 1 aliphatic carbocycles. The highest BCUT2D eigenvalue weighted by atomic mass is 16.3. The Morgan fingerprint density at radius 1 is 1.11 bits per heavy atom. The van der Waals surface area contributed by atoms with Gasteiger partial charge in [0, 0.05) is 6.04 Å². The molecule has 1 N–H and O–H groups in total. The highest BCUT2D eigenvalue weighted by Crippen LogP contribution is 2.35. The van der Waals surface area contributed by atoms with Crippen LogP contribution in [-0.4, -0.2) is 34.7 Å². The van der Waals surface area contributed by atoms with Crippen LogP contribution in [0.4, 0.5) is 0 Å². The van der Waals surface area contributed by atoms with Gasteiger partial charge in [-0.1, -0.05) is 32.6 Å². The van der Waals surface area contributed by atoms with Gasteiger partial charge in [0.25, 0.3) is 0 Å². The number of hydrogen-bond acceptors (Lipinski definition) is 2. The molecule has 0 unspecified atom stereocenters. The van der Waals surface area contributed by atoms with E-state index in [9.17, 15) is 5.11 Å². The van der Waals surface area contributed by atoms with Crippen molar-refractivity contribution in [3.63, 3.8) is 0 Å². The average Bonchev–Trinajstić information content (AvgIpc) is 2.40. The Kier molecular flexibility index (Phi) is 5.50. The molecule has 0 amide bonds. The lowest BCUT2D eigenvalue weighted by molar-refractivity contribution is -0.0412. The third-order valence-electron chi connectivity index (χ3n) is 4.95. The van der Waals surface area contributed by atoms with Gasteiger partial charge in [-0.15, -0.1) is 0 Å². The first-order chi connectivity index (χ1) is 8.73. The number of unbranched alkanes of at least 4 members (excludes halogenated alkanes) is 2. The van der Waals surface area contributed by atoms with Crippen LogP contribution < -0.4 is 0 Å². The summed E-state index contributed by atoms with van der Waals surface area (Å²) in [7, 11) is 0. The summed E-state index contributed by atoms with van der Waals surface area (Å²) in [5.74, 6) is 0. The molecule has 1 aliphatic heterocycles. The Labute approximate surface area is 113 Å². The van der Waals surface area contributed by atoms with Crippen molar-refractivity contribution in [3.8, 4) is 0 Å². The average molecular weight is 253 g/mol. The van der Waals surface area contributed by atoms with Crippen LogP contribution in [-0.2, 0) is 0 Å². The molecule has 0 bridgehead atoms. The van der Waals surface area contributed by atoms with E-state index in [-0.39, 0.29) is 5.60 Å². The quantitative estimate of drug-likeness (QED) is 0.755. The molecular formula is C16H31NO. The number of aliphatic hydroxyl groups is 1. The monoisotopic (exact) mass is 253 g/mol. The number of rotatable bonds is 5. The summed E-state index contributed by atoms with van der Waals surface area (Å²) in [5.41, 5.74) is -0.338. The number of hydrogen-bond donors (Lipinski definition) is 1. The minimum Gasteiger partial charge on any atom is -0.390 e. The molecule has 18 heavy (non-hydrogen) atoms. The van der Waals surface area contributed by atoms with E-state index in [1.54, 1.807) is 0 Å². The zero-order valence-electron chi connectivity index (χ0n) is 12.2. The maximum atomic E-state index is 10.8. The van der Waals surface area contributed by atoms with E-state index in [0.717, 1.165) is 19.3 Å². The number of piperidine rings is 1. The van der Waals surface area contributed by atoms with Gasteiger partial charge in [-0.3, -0.25) is 0 Å². The molecule has 2 atom stereocenters. The Balaban J connectivity index is 1.82. The van der Waals surface area contributed by atoms with E-state index in [4.69, 9.17) is 0 Å². The van der Waals surface area contributed by atoms with Crippen LogP contribution in [0.3, 0.4) is 0 Å². The van der Waals surface area contributed by atoms with Gasteiger partial charge < -0.3 is 10.0 Å². The standard InChI is InChI=1S/C16H31NO/c1-2-3-5-10-16(18)11-8-9-15(14-16)17-12-6-4-7-13-17/h15,18H,2-14H2,1H3/t15-,16+/m1/s1. The van der Waals surface area contributed by atoms with Crippen molar-refractivity contribution in [2.75, 3.05) is 13.1 Å². The van der Waals surface area contributed by atoms with E-state index in [2.05, 4.69) is 11.8 Å². The number of likely N-dealkylation sites (tertiary alicyclic amines) is 1. The lowest BCUT2D eigenvalue weighted by Crippen LogP contribution is -2.47. The van der Waals surface area contributed by atoms with Crippen molar-refractivity contribution in [2.45, 2.75) is 89.2 Å². The topological polar surface area (TPSA) is 23.5 Å². The van der Waals surface area contributed by atoms with E-state index in [1.165, 1.54) is 64.5 Å². The predicted octanol–water partition coefficient (Wildman–Crippen LogP) is 3.73. The summed E-state index contributed by atoms with van der Waals surface area (Å²) in [6.07, 6.45) is 13.5. The van der Waals surface area contributed by atoms with E-state index in [0.29, 0.717) is 6.04 Å². The molecule has 1 saturated heterocycles. The van der Waals surface area contributed by atoms with Gasteiger partial charge in [0.15, 0.2) is 0 Å². The molecule has 106 valence electrons. The normalized spacial score (nSPS) is 34.7. The van der Waals surface area contributed by atoms with Crippen LogP contribution in [0.5, 0.6) is 0 Å². The lowest BCUT2D eigenvalue weighted by Gasteiger charge is -2.43. The third-order valence-corrected chi connectivity index (χ3v) is 4.95. The van der Waals surface area contributed by atoms with Crippen LogP contribution in [0.25, 0.3) is 0 Å². The summed E-state index contributed by atoms with van der Waals surface area (Å²) in [4.78, 5) is 2.66. The SMILES string of the molecule is CCCCC[C@]1(O)CCC[C@@H](N2CCCCC2)C1. The Morgan fingerprint density at radius 2 is 1.89 bits per heavy atom. The maximum Gasteiger partial charge on any atom is 0.0662 e. The van der Waals surface area contributed by atoms with Crippen molar-refractivity contribution in [1.82, 2.24) is 4.90 Å². The molecule has 2 fully saturated rings. The van der Waals surface area contributed by atoms with Crippen LogP contribution in [0.15, 0.2) is 0 Å². The third kappa shape index (κ3) is 3.96. The molecule has 0 spiro atoms. The van der Waals surface area contributed by atoms with E-state index >= 15 is 0 Å². The van der Waals surface area contributed by atoms with Crippen molar-refractivity contribution < 1.29 is 5.11 Å². The van der Waals surface area contributed by atoms with Crippen LogP contribution in [0.1, 0.15) is 77.6 Å². The molecule has 2 heteroatoms. The van der Waals surface area contributed by atoms with Crippen LogP contribution in [0, 0.1) is 0 Å². The van der Waals surface area contributed by atoms with Gasteiger partial charge >= 0.3 is 0 Å². The minimum absolute atomic E-state index is 0.338. The second kappa shape index (κ2) is 6.91. The highest BCUT2D eigenvalue weighted by Gasteiger charge is 2.36. The molecule has 2 nitrogen and oxygen atoms in total. The molecule has 2 aliphatic rings. The van der Waals surface area contributed by atoms with Gasteiger partial charge in [-0.25, -0.2) is 0 Å². The molecule has 0 aromatic heterocycles. The van der Waals surface area contributed by atoms with Gasteiger partial charge in [-0.2, -0.15) is 0 Å². The molecular weight excluding hydrogens is 222 g/mol. The fourth-order valence-electron chi connectivity index (χ4n) is 3.84. The van der Waals surface area contributed by atoms with Crippen molar-refractivity contribution in [1.29, 1.82) is 0 Å². The molecule has 1 saturated carbocycles. The molecule has 0 aromatic carbocycles. The highest BCUT2D eigenvalue weighted by molar-refractivity contribution is 4.91. The summed E-state index contributed by atoms with van der Waals surface area (Å²) in [5, 5.41) is 10.8. The number of nitrogens with zero attached hydrogens (tertiary/aromatic N) is 1. The lowest BCUT2D eigenvalue weighted by atomic mass is 9.78. The second-order valence-corrected chi connectivity index (χ2v) is 6.53. The fraction of sp³-hybridized carbons (Fsp3) is 1.00. The van der Waals surface area contributed by atoms with Gasteiger partial charge in [0.05, 0.1) is 5.60 Å². The minimum atomic E-state index is -0.338. The largest absolute Gasteiger partial charge is 0.390 e. The molecule has 2 rings (SSSR count). The molecule has 1 heterocycles. The van der Waals surface area contributed by atoms with Crippen LogP contribution >= 0.6 is 0 Å². The fourth-order valence-corrected chi connectivity index (χ4v) is 3.84. The van der Waals surface area contributed by atoms with Crippen molar-refractivity contribution >= 4 is 0 Å². The first-order valence-corrected chi connectivity index (χ1v) is 8.20. The summed E-state index contributed by atoms with van der Waals surface area (Å²) < 4.78 is 0. The maximum absolute atomic E-state index is 10.8. The Morgan fingerprint density at radius 3 is 2.61 bits per heavy atom. The smallest absolute Gasteiger partial charge is 0.0662 e. The van der Waals surface area contributed by atoms with Crippen molar-refractivity contribution in [2.24, 2.45) is 0 Å². The first-order valence-electron chi connectivity index (χ1n) is 8.20. The van der Waals surface area contributed by atoms with Gasteiger partial charge in [-0.05, 0) is 58.0 Å². The second-order valence-electron chi connectivity index (χ2n) is 6.53.